The van der Waals surface area contributed by atoms with Gasteiger partial charge in [0.05, 0.1) is 5.84 Å². The van der Waals surface area contributed by atoms with Crippen molar-refractivity contribution in [1.82, 2.24) is 0 Å². The fourth-order valence-corrected chi connectivity index (χ4v) is 1.79. The van der Waals surface area contributed by atoms with E-state index in [1.165, 1.54) is 25.7 Å². The molecule has 2 N–H and O–H groups in total. The molecule has 0 aromatic carbocycles. The van der Waals surface area contributed by atoms with E-state index in [-0.39, 0.29) is 0 Å². The molecule has 2 heteroatoms. The van der Waals surface area contributed by atoms with Crippen LogP contribution in [-0.2, 0) is 0 Å². The minimum absolute atomic E-state index is 0.588. The van der Waals surface area contributed by atoms with E-state index in [1.54, 1.807) is 0 Å². The van der Waals surface area contributed by atoms with Crippen LogP contribution in [0.1, 0.15) is 53.4 Å². The lowest BCUT2D eigenvalue weighted by Gasteiger charge is -2.07. The Labute approximate surface area is 89.0 Å². The monoisotopic (exact) mass is 198 g/mol. The van der Waals surface area contributed by atoms with Crippen LogP contribution in [0, 0.1) is 11.8 Å². The highest BCUT2D eigenvalue weighted by Crippen LogP contribution is 2.30. The zero-order chi connectivity index (χ0) is 11.0. The van der Waals surface area contributed by atoms with Gasteiger partial charge in [0, 0.05) is 12.5 Å². The van der Waals surface area contributed by atoms with Crippen molar-refractivity contribution in [3.63, 3.8) is 0 Å². The van der Waals surface area contributed by atoms with Crippen molar-refractivity contribution >= 4 is 5.84 Å². The third-order valence-electron chi connectivity index (χ3n) is 2.45. The Kier molecular flexibility index (Phi) is 7.54. The summed E-state index contributed by atoms with van der Waals surface area (Å²) < 4.78 is 0. The molecule has 0 aliphatic heterocycles. The van der Waals surface area contributed by atoms with E-state index in [1.807, 2.05) is 6.92 Å². The zero-order valence-corrected chi connectivity index (χ0v) is 10.2. The summed E-state index contributed by atoms with van der Waals surface area (Å²) in [6.07, 6.45) is 5.07. The molecular weight excluding hydrogens is 172 g/mol. The van der Waals surface area contributed by atoms with Crippen LogP contribution in [0.2, 0.25) is 0 Å². The maximum Gasteiger partial charge on any atom is 0.0968 e. The van der Waals surface area contributed by atoms with Crippen LogP contribution in [0.4, 0.5) is 0 Å². The Morgan fingerprint density at radius 2 is 1.86 bits per heavy atom. The molecule has 0 aromatic rings. The van der Waals surface area contributed by atoms with E-state index in [4.69, 9.17) is 5.73 Å². The maximum atomic E-state index is 5.80. The van der Waals surface area contributed by atoms with Gasteiger partial charge in [-0.05, 0) is 32.1 Å². The molecular formula is C12H26N2. The number of hydrogen-bond donors (Lipinski definition) is 1. The number of nitrogens with two attached hydrogens (primary N) is 1. The first kappa shape index (κ1) is 13.5. The molecule has 0 heterocycles. The Morgan fingerprint density at radius 1 is 1.29 bits per heavy atom. The first-order valence-electron chi connectivity index (χ1n) is 5.95. The summed E-state index contributed by atoms with van der Waals surface area (Å²) in [7, 11) is 0. The molecule has 1 saturated carbocycles. The van der Waals surface area contributed by atoms with Gasteiger partial charge in [0.15, 0.2) is 0 Å². The predicted octanol–water partition coefficient (Wildman–Crippen LogP) is 3.22. The Balaban J connectivity index is 0.000000500. The van der Waals surface area contributed by atoms with Crippen LogP contribution in [0.5, 0.6) is 0 Å². The summed E-state index contributed by atoms with van der Waals surface area (Å²) in [5.41, 5.74) is 5.80. The standard InChI is InChI=1S/C9H18N2.C3H8/c1-3-11-9(10)8-5-4-7(2)6-8;1-3-2/h7-8H,3-6H2,1-2H3,(H2,10,11);3H2,1-2H3. The fourth-order valence-electron chi connectivity index (χ4n) is 1.79. The van der Waals surface area contributed by atoms with Gasteiger partial charge in [-0.15, -0.1) is 0 Å². The number of aliphatic imine (C=N–C) groups is 1. The van der Waals surface area contributed by atoms with Gasteiger partial charge in [-0.3, -0.25) is 4.99 Å². The zero-order valence-electron chi connectivity index (χ0n) is 10.2. The smallest absolute Gasteiger partial charge is 0.0968 e. The predicted molar refractivity (Wildman–Crippen MR) is 64.6 cm³/mol. The minimum atomic E-state index is 0.588. The van der Waals surface area contributed by atoms with Gasteiger partial charge in [0.2, 0.25) is 0 Å². The second-order valence-corrected chi connectivity index (χ2v) is 4.22. The van der Waals surface area contributed by atoms with Crippen LogP contribution in [0.25, 0.3) is 0 Å². The lowest BCUT2D eigenvalue weighted by Crippen LogP contribution is -2.21. The van der Waals surface area contributed by atoms with Crippen LogP contribution in [-0.4, -0.2) is 12.4 Å². The highest BCUT2D eigenvalue weighted by atomic mass is 14.9. The van der Waals surface area contributed by atoms with Crippen LogP contribution < -0.4 is 5.73 Å². The molecule has 2 unspecified atom stereocenters. The van der Waals surface area contributed by atoms with Crippen molar-refractivity contribution < 1.29 is 0 Å². The third-order valence-corrected chi connectivity index (χ3v) is 2.45. The topological polar surface area (TPSA) is 38.4 Å². The Morgan fingerprint density at radius 3 is 2.21 bits per heavy atom. The summed E-state index contributed by atoms with van der Waals surface area (Å²) in [6, 6.07) is 0. The van der Waals surface area contributed by atoms with E-state index >= 15 is 0 Å². The molecule has 2 atom stereocenters. The highest BCUT2D eigenvalue weighted by molar-refractivity contribution is 5.83. The Bertz CT molecular complexity index is 164. The normalized spacial score (nSPS) is 27.0. The molecule has 0 amide bonds. The second-order valence-electron chi connectivity index (χ2n) is 4.22. The van der Waals surface area contributed by atoms with Crippen molar-refractivity contribution in [1.29, 1.82) is 0 Å². The molecule has 2 nitrogen and oxygen atoms in total. The lowest BCUT2D eigenvalue weighted by atomic mass is 10.1. The van der Waals surface area contributed by atoms with Crippen molar-refractivity contribution in [3.8, 4) is 0 Å². The molecule has 0 radical (unpaired) electrons. The number of hydrogen-bond acceptors (Lipinski definition) is 1. The summed E-state index contributed by atoms with van der Waals surface area (Å²) in [5.74, 6) is 2.33. The van der Waals surface area contributed by atoms with E-state index in [2.05, 4.69) is 25.8 Å². The molecule has 14 heavy (non-hydrogen) atoms. The van der Waals surface area contributed by atoms with Crippen molar-refractivity contribution in [2.75, 3.05) is 6.54 Å². The molecule has 0 bridgehead atoms. The molecule has 1 fully saturated rings. The van der Waals surface area contributed by atoms with Crippen LogP contribution in [0.3, 0.4) is 0 Å². The van der Waals surface area contributed by atoms with Gasteiger partial charge in [0.1, 0.15) is 0 Å². The number of nitrogens with zero attached hydrogens (tertiary/aromatic N) is 1. The third kappa shape index (κ3) is 5.25. The summed E-state index contributed by atoms with van der Waals surface area (Å²) in [5, 5.41) is 0. The Hall–Kier alpha value is -0.530. The van der Waals surface area contributed by atoms with Gasteiger partial charge in [-0.2, -0.15) is 0 Å². The minimum Gasteiger partial charge on any atom is -0.387 e. The van der Waals surface area contributed by atoms with Crippen LogP contribution in [0.15, 0.2) is 4.99 Å². The fraction of sp³-hybridized carbons (Fsp3) is 0.917. The highest BCUT2D eigenvalue weighted by Gasteiger charge is 2.23. The van der Waals surface area contributed by atoms with E-state index in [0.717, 1.165) is 18.3 Å². The lowest BCUT2D eigenvalue weighted by molar-refractivity contribution is 0.594. The molecule has 0 aromatic heterocycles. The second kappa shape index (κ2) is 7.84. The molecule has 84 valence electrons. The number of amidine groups is 1. The first-order valence-corrected chi connectivity index (χ1v) is 5.95. The van der Waals surface area contributed by atoms with Gasteiger partial charge in [-0.1, -0.05) is 27.2 Å². The summed E-state index contributed by atoms with van der Waals surface area (Å²) >= 11 is 0. The van der Waals surface area contributed by atoms with Crippen LogP contribution >= 0.6 is 0 Å². The van der Waals surface area contributed by atoms with E-state index in [9.17, 15) is 0 Å². The van der Waals surface area contributed by atoms with Crippen molar-refractivity contribution in [2.24, 2.45) is 22.6 Å². The SMILES string of the molecule is CCC.CCN=C(N)C1CCC(C)C1. The average Bonchev–Trinajstić information content (AvgIpc) is 2.54. The van der Waals surface area contributed by atoms with Crippen molar-refractivity contribution in [2.45, 2.75) is 53.4 Å². The van der Waals surface area contributed by atoms with Gasteiger partial charge < -0.3 is 5.73 Å². The summed E-state index contributed by atoms with van der Waals surface area (Å²) in [4.78, 5) is 4.24. The van der Waals surface area contributed by atoms with Gasteiger partial charge in [-0.25, -0.2) is 0 Å². The molecule has 1 aliphatic rings. The largest absolute Gasteiger partial charge is 0.387 e. The van der Waals surface area contributed by atoms with Gasteiger partial charge in [0.25, 0.3) is 0 Å². The number of rotatable bonds is 2. The molecule has 1 rings (SSSR count). The average molecular weight is 198 g/mol. The quantitative estimate of drug-likeness (QED) is 0.537. The summed E-state index contributed by atoms with van der Waals surface area (Å²) in [6.45, 7) is 9.40. The van der Waals surface area contributed by atoms with Crippen molar-refractivity contribution in [3.05, 3.63) is 0 Å². The van der Waals surface area contributed by atoms with E-state index in [0.29, 0.717) is 5.92 Å². The first-order chi connectivity index (χ1) is 6.65. The molecule has 0 spiro atoms. The molecule has 0 saturated heterocycles. The molecule has 1 aliphatic carbocycles. The van der Waals surface area contributed by atoms with E-state index < -0.39 is 0 Å². The maximum absolute atomic E-state index is 5.80. The van der Waals surface area contributed by atoms with Gasteiger partial charge >= 0.3 is 0 Å².